The number of benzene rings is 6. The van der Waals surface area contributed by atoms with Crippen LogP contribution in [0.1, 0.15) is 81.2 Å². The summed E-state index contributed by atoms with van der Waals surface area (Å²) in [5.41, 5.74) is 16.7. The fourth-order valence-electron chi connectivity index (χ4n) is 9.07. The smallest absolute Gasteiger partial charge is 0.0798 e. The zero-order valence-corrected chi connectivity index (χ0v) is 42.2. The molecule has 0 saturated carbocycles. The summed E-state index contributed by atoms with van der Waals surface area (Å²) in [5, 5.41) is 4.01. The van der Waals surface area contributed by atoms with Crippen LogP contribution in [-0.4, -0.2) is 27.2 Å². The zero-order valence-electron chi connectivity index (χ0n) is 38.8. The number of hydrogen-bond donors (Lipinski definition) is 0. The summed E-state index contributed by atoms with van der Waals surface area (Å²) in [6.07, 6.45) is 3.24. The van der Waals surface area contributed by atoms with E-state index >= 15 is 0 Å². The van der Waals surface area contributed by atoms with Crippen LogP contribution in [0.25, 0.3) is 66.9 Å². The van der Waals surface area contributed by atoms with Crippen molar-refractivity contribution in [3.05, 3.63) is 174 Å². The van der Waals surface area contributed by atoms with Gasteiger partial charge in [0.05, 0.1) is 24.9 Å². The van der Waals surface area contributed by atoms with Gasteiger partial charge in [-0.15, -0.1) is 59.7 Å². The molecular weight excluding hydrogens is 961 g/mol. The fourth-order valence-corrected chi connectivity index (χ4v) is 10.7. The second-order valence-corrected chi connectivity index (χ2v) is 24.0. The summed E-state index contributed by atoms with van der Waals surface area (Å²) < 4.78 is 4.79. The van der Waals surface area contributed by atoms with E-state index in [0.717, 1.165) is 51.3 Å². The summed E-state index contributed by atoms with van der Waals surface area (Å²) in [7, 11) is -1.34. The molecule has 0 aliphatic heterocycles. The Labute approximate surface area is 389 Å². The molecule has 9 rings (SSSR count). The van der Waals surface area contributed by atoms with E-state index in [4.69, 9.17) is 4.98 Å². The van der Waals surface area contributed by atoms with Gasteiger partial charge in [0.2, 0.25) is 0 Å². The Morgan fingerprint density at radius 1 is 0.651 bits per heavy atom. The molecule has 0 fully saturated rings. The summed E-state index contributed by atoms with van der Waals surface area (Å²) in [5.74, 6) is 2.33. The Kier molecular flexibility index (Phi) is 13.6. The number of para-hydroxylation sites is 4. The van der Waals surface area contributed by atoms with Crippen molar-refractivity contribution < 1.29 is 20.1 Å². The van der Waals surface area contributed by atoms with Crippen LogP contribution >= 0.6 is 0 Å². The third-order valence-electron chi connectivity index (χ3n) is 12.0. The molecule has 0 atom stereocenters. The molecule has 3 heterocycles. The topological polar surface area (TPSA) is 35.6 Å². The van der Waals surface area contributed by atoms with Gasteiger partial charge in [0.15, 0.2) is 0 Å². The SMILES string of the molecule is CC(C)Cc1cc(-c2[c-]cccc2)ncc1[Si](C)(C)C.Cc1ccc(C)c2c1c1cc(-c3nc4ccccc4n3-c3c(C(C)C)cccc3C(C)C)[c-]cc1n2-c1ccccc1.[Ir]. The Morgan fingerprint density at radius 3 is 1.97 bits per heavy atom. The quantitative estimate of drug-likeness (QED) is 0.107. The number of fused-ring (bicyclic) bond motifs is 4. The number of aromatic nitrogens is 4. The molecular formula is C57H60IrN4Si-2. The Bertz CT molecular complexity index is 3000. The van der Waals surface area contributed by atoms with Gasteiger partial charge in [0.1, 0.15) is 0 Å². The normalized spacial score (nSPS) is 11.8. The van der Waals surface area contributed by atoms with E-state index in [1.165, 1.54) is 55.0 Å². The third kappa shape index (κ3) is 9.04. The van der Waals surface area contributed by atoms with Gasteiger partial charge < -0.3 is 14.1 Å². The standard InChI is InChI=1S/C39H36N3.C18H24NSi.Ir/c1-24(2)30-15-12-16-31(25(3)4)38(30)42-35-18-11-10-17-33(35)40-39(42)28-21-22-34-32(23-28)36-26(5)19-20-27(6)37(36)41(34)29-13-8-7-9-14-29;1-14(2)11-16-12-17(15-9-7-6-8-10-15)19-13-18(16)20(3,4)5;/h7-20,22-25H,1-6H3;6-9,12-14H,11H2,1-5H3;/q2*-1;. The Hall–Kier alpha value is -5.39. The first-order valence-electron chi connectivity index (χ1n) is 22.3. The molecule has 0 saturated heterocycles. The van der Waals surface area contributed by atoms with Crippen LogP contribution in [0.15, 0.2) is 134 Å². The molecule has 9 aromatic rings. The summed E-state index contributed by atoms with van der Waals surface area (Å²) in [4.78, 5) is 9.96. The molecule has 3 aromatic heterocycles. The Morgan fingerprint density at radius 2 is 1.32 bits per heavy atom. The van der Waals surface area contributed by atoms with E-state index in [0.29, 0.717) is 17.8 Å². The van der Waals surface area contributed by atoms with Gasteiger partial charge >= 0.3 is 0 Å². The minimum Gasteiger partial charge on any atom is -0.350 e. The Balaban J connectivity index is 0.000000239. The van der Waals surface area contributed by atoms with E-state index in [9.17, 15) is 0 Å². The van der Waals surface area contributed by atoms with Crippen molar-refractivity contribution in [3.8, 4) is 34.0 Å². The van der Waals surface area contributed by atoms with E-state index < -0.39 is 8.07 Å². The van der Waals surface area contributed by atoms with Crippen LogP contribution in [0.3, 0.4) is 0 Å². The second kappa shape index (κ2) is 18.8. The van der Waals surface area contributed by atoms with Crippen molar-refractivity contribution in [1.29, 1.82) is 0 Å². The van der Waals surface area contributed by atoms with Crippen LogP contribution in [0.5, 0.6) is 0 Å². The van der Waals surface area contributed by atoms with Crippen molar-refractivity contribution in [3.63, 3.8) is 0 Å². The van der Waals surface area contributed by atoms with E-state index in [1.807, 2.05) is 18.2 Å². The van der Waals surface area contributed by atoms with Crippen LogP contribution < -0.4 is 5.19 Å². The van der Waals surface area contributed by atoms with Gasteiger partial charge in [-0.2, -0.15) is 0 Å². The van der Waals surface area contributed by atoms with Gasteiger partial charge in [-0.1, -0.05) is 139 Å². The van der Waals surface area contributed by atoms with E-state index in [-0.39, 0.29) is 20.1 Å². The molecule has 6 aromatic carbocycles. The van der Waals surface area contributed by atoms with Crippen molar-refractivity contribution >= 4 is 46.1 Å². The minimum absolute atomic E-state index is 0. The van der Waals surface area contributed by atoms with Crippen molar-refractivity contribution in [2.24, 2.45) is 5.92 Å². The summed E-state index contributed by atoms with van der Waals surface area (Å²) in [6.45, 7) is 25.3. The molecule has 4 nitrogen and oxygen atoms in total. The maximum atomic E-state index is 5.28. The molecule has 0 aliphatic carbocycles. The number of nitrogens with zero attached hydrogens (tertiary/aromatic N) is 4. The number of hydrogen-bond acceptors (Lipinski definition) is 2. The number of pyridine rings is 1. The van der Waals surface area contributed by atoms with Gasteiger partial charge in [0.25, 0.3) is 0 Å². The summed E-state index contributed by atoms with van der Waals surface area (Å²) in [6, 6.07) is 52.2. The minimum atomic E-state index is -1.34. The molecule has 0 unspecified atom stereocenters. The molecule has 0 N–H and O–H groups in total. The number of aryl methyl sites for hydroxylation is 2. The molecule has 323 valence electrons. The number of rotatable bonds is 9. The molecule has 0 aliphatic rings. The monoisotopic (exact) mass is 1020 g/mol. The number of imidazole rings is 1. The largest absolute Gasteiger partial charge is 0.350 e. The first-order valence-corrected chi connectivity index (χ1v) is 25.8. The predicted octanol–water partition coefficient (Wildman–Crippen LogP) is 14.7. The van der Waals surface area contributed by atoms with Crippen LogP contribution in [0.2, 0.25) is 19.6 Å². The van der Waals surface area contributed by atoms with E-state index in [1.54, 1.807) is 0 Å². The first kappa shape index (κ1) is 45.6. The van der Waals surface area contributed by atoms with Crippen molar-refractivity contribution in [2.45, 2.75) is 93.3 Å². The predicted molar refractivity (Wildman–Crippen MR) is 267 cm³/mol. The molecule has 0 amide bonds. The van der Waals surface area contributed by atoms with Crippen LogP contribution in [-0.2, 0) is 26.5 Å². The average Bonchev–Trinajstić information content (AvgIpc) is 3.82. The molecule has 1 radical (unpaired) electrons. The average molecular weight is 1020 g/mol. The van der Waals surface area contributed by atoms with Gasteiger partial charge in [0, 0.05) is 43.2 Å². The van der Waals surface area contributed by atoms with E-state index in [2.05, 4.69) is 217 Å². The molecule has 0 spiro atoms. The van der Waals surface area contributed by atoms with Gasteiger partial charge in [-0.25, -0.2) is 0 Å². The molecule has 63 heavy (non-hydrogen) atoms. The van der Waals surface area contributed by atoms with Crippen molar-refractivity contribution in [2.75, 3.05) is 0 Å². The second-order valence-electron chi connectivity index (χ2n) is 18.9. The van der Waals surface area contributed by atoms with Crippen molar-refractivity contribution in [1.82, 2.24) is 19.1 Å². The van der Waals surface area contributed by atoms with Gasteiger partial charge in [-0.3, -0.25) is 4.98 Å². The van der Waals surface area contributed by atoms with Gasteiger partial charge in [-0.05, 0) is 106 Å². The zero-order chi connectivity index (χ0) is 43.9. The molecule has 0 bridgehead atoms. The maximum Gasteiger partial charge on any atom is 0.0798 e. The van der Waals surface area contributed by atoms with Crippen LogP contribution in [0, 0.1) is 31.9 Å². The molecule has 6 heteroatoms. The first-order chi connectivity index (χ1) is 29.7. The third-order valence-corrected chi connectivity index (χ3v) is 14.1. The fraction of sp³-hybridized carbons (Fsp3) is 0.263. The van der Waals surface area contributed by atoms with Crippen LogP contribution in [0.4, 0.5) is 0 Å². The maximum absolute atomic E-state index is 5.28. The summed E-state index contributed by atoms with van der Waals surface area (Å²) >= 11 is 0.